The first-order valence-electron chi connectivity index (χ1n) is 9.29. The zero-order chi connectivity index (χ0) is 21.3. The molecule has 0 aromatic heterocycles. The van der Waals surface area contributed by atoms with E-state index in [4.69, 9.17) is 11.6 Å². The van der Waals surface area contributed by atoms with Crippen molar-refractivity contribution in [2.45, 2.75) is 12.6 Å². The van der Waals surface area contributed by atoms with Crippen LogP contribution in [0.5, 0.6) is 0 Å². The van der Waals surface area contributed by atoms with Crippen LogP contribution >= 0.6 is 34.2 Å². The molecule has 1 amide bonds. The Hall–Kier alpha value is -2.64. The summed E-state index contributed by atoms with van der Waals surface area (Å²) < 4.78 is 1.04. The van der Waals surface area contributed by atoms with E-state index >= 15 is 0 Å². The highest BCUT2D eigenvalue weighted by molar-refractivity contribution is 14.1. The number of aliphatic hydroxyl groups excluding tert-OH is 1. The maximum absolute atomic E-state index is 13.0. The maximum atomic E-state index is 13.0. The first-order chi connectivity index (χ1) is 14.5. The SMILES string of the molecule is O=C1C(=O)N(Cc2ccccc2)C(c2ccc(I)cc2)/C1=C(\O)c1ccc(Cl)cc1. The fourth-order valence-electron chi connectivity index (χ4n) is 3.58. The number of ketones is 1. The van der Waals surface area contributed by atoms with Crippen LogP contribution in [0.3, 0.4) is 0 Å². The molecule has 0 saturated carbocycles. The molecule has 0 spiro atoms. The van der Waals surface area contributed by atoms with Gasteiger partial charge in [-0.25, -0.2) is 0 Å². The molecular weight excluding hydrogens is 513 g/mol. The number of hydrogen-bond donors (Lipinski definition) is 1. The zero-order valence-corrected chi connectivity index (χ0v) is 18.7. The van der Waals surface area contributed by atoms with Gasteiger partial charge in [-0.3, -0.25) is 9.59 Å². The van der Waals surface area contributed by atoms with Crippen LogP contribution in [0.4, 0.5) is 0 Å². The number of rotatable bonds is 4. The Morgan fingerprint density at radius 2 is 1.57 bits per heavy atom. The number of halogens is 2. The van der Waals surface area contributed by atoms with Crippen molar-refractivity contribution in [2.75, 3.05) is 0 Å². The van der Waals surface area contributed by atoms with Gasteiger partial charge in [0, 0.05) is 20.7 Å². The maximum Gasteiger partial charge on any atom is 0.295 e. The van der Waals surface area contributed by atoms with Gasteiger partial charge in [-0.1, -0.05) is 54.1 Å². The summed E-state index contributed by atoms with van der Waals surface area (Å²) in [6, 6.07) is 22.9. The quantitative estimate of drug-likeness (QED) is 0.208. The summed E-state index contributed by atoms with van der Waals surface area (Å²) in [5.74, 6) is -1.52. The van der Waals surface area contributed by atoms with Gasteiger partial charge in [-0.2, -0.15) is 0 Å². The topological polar surface area (TPSA) is 57.6 Å². The Morgan fingerprint density at radius 3 is 2.20 bits per heavy atom. The molecule has 6 heteroatoms. The summed E-state index contributed by atoms with van der Waals surface area (Å²) >= 11 is 8.15. The molecule has 3 aromatic rings. The van der Waals surface area contributed by atoms with Crippen molar-refractivity contribution in [2.24, 2.45) is 0 Å². The second-order valence-corrected chi connectivity index (χ2v) is 8.65. The van der Waals surface area contributed by atoms with Gasteiger partial charge in [0.15, 0.2) is 0 Å². The molecule has 1 aliphatic rings. The molecule has 1 atom stereocenters. The number of carbonyl (C=O) groups excluding carboxylic acids is 2. The summed E-state index contributed by atoms with van der Waals surface area (Å²) in [5.41, 5.74) is 2.19. The molecule has 1 heterocycles. The summed E-state index contributed by atoms with van der Waals surface area (Å²) in [4.78, 5) is 27.5. The Kier molecular flexibility index (Phi) is 5.92. The molecule has 150 valence electrons. The van der Waals surface area contributed by atoms with E-state index in [1.807, 2.05) is 54.6 Å². The molecule has 1 saturated heterocycles. The minimum atomic E-state index is -0.693. The number of Topliss-reactive ketones (excluding diaryl/α,β-unsaturated/α-hetero) is 1. The van der Waals surface area contributed by atoms with Crippen molar-refractivity contribution >= 4 is 51.6 Å². The first-order valence-corrected chi connectivity index (χ1v) is 10.7. The van der Waals surface area contributed by atoms with Crippen molar-refractivity contribution in [3.05, 3.63) is 110 Å². The average Bonchev–Trinajstić information content (AvgIpc) is 3.00. The molecule has 4 rings (SSSR count). The van der Waals surface area contributed by atoms with Crippen LogP contribution in [-0.4, -0.2) is 21.7 Å². The Bertz CT molecular complexity index is 1130. The van der Waals surface area contributed by atoms with Crippen molar-refractivity contribution in [3.63, 3.8) is 0 Å². The van der Waals surface area contributed by atoms with Gasteiger partial charge in [-0.15, -0.1) is 0 Å². The molecule has 3 aromatic carbocycles. The highest BCUT2D eigenvalue weighted by atomic mass is 127. The number of amides is 1. The standard InChI is InChI=1S/C24H17ClINO3/c25-18-10-6-17(7-11-18)22(28)20-21(16-8-12-19(26)13-9-16)27(24(30)23(20)29)14-15-4-2-1-3-5-15/h1-13,21,28H,14H2/b22-20+. The summed E-state index contributed by atoms with van der Waals surface area (Å²) in [6.07, 6.45) is 0. The number of nitrogens with zero attached hydrogens (tertiary/aromatic N) is 1. The van der Waals surface area contributed by atoms with Crippen LogP contribution in [0, 0.1) is 3.57 Å². The molecule has 30 heavy (non-hydrogen) atoms. The van der Waals surface area contributed by atoms with E-state index in [1.165, 1.54) is 4.90 Å². The lowest BCUT2D eigenvalue weighted by Crippen LogP contribution is -2.29. The summed E-state index contributed by atoms with van der Waals surface area (Å²) in [7, 11) is 0. The van der Waals surface area contributed by atoms with Crippen molar-refractivity contribution in [1.82, 2.24) is 4.90 Å². The van der Waals surface area contributed by atoms with E-state index in [-0.39, 0.29) is 17.9 Å². The highest BCUT2D eigenvalue weighted by Gasteiger charge is 2.46. The zero-order valence-electron chi connectivity index (χ0n) is 15.8. The number of benzene rings is 3. The van der Waals surface area contributed by atoms with Gasteiger partial charge in [0.1, 0.15) is 5.76 Å². The third-order valence-electron chi connectivity index (χ3n) is 5.04. The second-order valence-electron chi connectivity index (χ2n) is 6.97. The van der Waals surface area contributed by atoms with E-state index < -0.39 is 17.7 Å². The predicted octanol–water partition coefficient (Wildman–Crippen LogP) is 5.57. The van der Waals surface area contributed by atoms with Crippen LogP contribution in [-0.2, 0) is 16.1 Å². The monoisotopic (exact) mass is 529 g/mol. The highest BCUT2D eigenvalue weighted by Crippen LogP contribution is 2.40. The van der Waals surface area contributed by atoms with Crippen molar-refractivity contribution < 1.29 is 14.7 Å². The normalized spacial score (nSPS) is 18.1. The van der Waals surface area contributed by atoms with Crippen molar-refractivity contribution in [1.29, 1.82) is 0 Å². The van der Waals surface area contributed by atoms with Gasteiger partial charge >= 0.3 is 0 Å². The van der Waals surface area contributed by atoms with Gasteiger partial charge in [0.05, 0.1) is 11.6 Å². The second kappa shape index (κ2) is 8.62. The van der Waals surface area contributed by atoms with Gasteiger partial charge in [-0.05, 0) is 70.1 Å². The van der Waals surface area contributed by atoms with Crippen LogP contribution < -0.4 is 0 Å². The van der Waals surface area contributed by atoms with Crippen LogP contribution in [0.15, 0.2) is 84.4 Å². The van der Waals surface area contributed by atoms with E-state index in [0.717, 1.165) is 14.7 Å². The fourth-order valence-corrected chi connectivity index (χ4v) is 4.06. The van der Waals surface area contributed by atoms with E-state index in [9.17, 15) is 14.7 Å². The van der Waals surface area contributed by atoms with Gasteiger partial charge in [0.2, 0.25) is 0 Å². The van der Waals surface area contributed by atoms with E-state index in [1.54, 1.807) is 24.3 Å². The first kappa shape index (κ1) is 20.6. The molecule has 1 fully saturated rings. The van der Waals surface area contributed by atoms with Crippen LogP contribution in [0.25, 0.3) is 5.76 Å². The lowest BCUT2D eigenvalue weighted by molar-refractivity contribution is -0.140. The van der Waals surface area contributed by atoms with Crippen LogP contribution in [0.2, 0.25) is 5.02 Å². The average molecular weight is 530 g/mol. The molecule has 4 nitrogen and oxygen atoms in total. The van der Waals surface area contributed by atoms with Crippen LogP contribution in [0.1, 0.15) is 22.7 Å². The van der Waals surface area contributed by atoms with E-state index in [0.29, 0.717) is 10.6 Å². The molecular formula is C24H17ClINO3. The minimum absolute atomic E-state index is 0.0828. The number of likely N-dealkylation sites (tertiary alicyclic amines) is 1. The lowest BCUT2D eigenvalue weighted by Gasteiger charge is -2.25. The number of carbonyl (C=O) groups is 2. The molecule has 0 aliphatic carbocycles. The lowest BCUT2D eigenvalue weighted by atomic mass is 9.95. The molecule has 1 unspecified atom stereocenters. The molecule has 1 N–H and O–H groups in total. The van der Waals surface area contributed by atoms with Gasteiger partial charge < -0.3 is 10.0 Å². The summed E-state index contributed by atoms with van der Waals surface area (Å²) in [6.45, 7) is 0.263. The third-order valence-corrected chi connectivity index (χ3v) is 6.01. The van der Waals surface area contributed by atoms with E-state index in [2.05, 4.69) is 22.6 Å². The van der Waals surface area contributed by atoms with Crippen molar-refractivity contribution in [3.8, 4) is 0 Å². The molecule has 0 bridgehead atoms. The largest absolute Gasteiger partial charge is 0.507 e. The minimum Gasteiger partial charge on any atom is -0.507 e. The Labute approximate surface area is 192 Å². The third kappa shape index (κ3) is 4.00. The van der Waals surface area contributed by atoms with Gasteiger partial charge in [0.25, 0.3) is 11.7 Å². The number of hydrogen-bond acceptors (Lipinski definition) is 3. The Balaban J connectivity index is 1.85. The summed E-state index contributed by atoms with van der Waals surface area (Å²) in [5, 5.41) is 11.5. The molecule has 0 radical (unpaired) electrons. The smallest absolute Gasteiger partial charge is 0.295 e. The Morgan fingerprint density at radius 1 is 0.933 bits per heavy atom. The fraction of sp³-hybridized carbons (Fsp3) is 0.0833. The molecule has 1 aliphatic heterocycles. The predicted molar refractivity (Wildman–Crippen MR) is 125 cm³/mol. The number of aliphatic hydroxyl groups is 1.